The molecule has 10 nitrogen and oxygen atoms in total. The third kappa shape index (κ3) is 5.30. The molecule has 3 aromatic rings. The number of anilines is 3. The van der Waals surface area contributed by atoms with E-state index in [1.54, 1.807) is 19.2 Å². The highest BCUT2D eigenvalue weighted by Gasteiger charge is 2.25. The molecule has 0 spiro atoms. The van der Waals surface area contributed by atoms with Crippen LogP contribution < -0.4 is 21.7 Å². The van der Waals surface area contributed by atoms with Gasteiger partial charge in [-0.25, -0.2) is 14.2 Å². The third-order valence-corrected chi connectivity index (χ3v) is 5.36. The molecular formula is C22H28FN7O3. The Bertz CT molecular complexity index is 1180. The monoisotopic (exact) mass is 457 g/mol. The zero-order chi connectivity index (χ0) is 24.3. The number of fused-ring (bicyclic) bond motifs is 1. The van der Waals surface area contributed by atoms with E-state index in [0.29, 0.717) is 12.2 Å². The zero-order valence-corrected chi connectivity index (χ0v) is 18.9. The van der Waals surface area contributed by atoms with Crippen molar-refractivity contribution in [2.24, 2.45) is 11.7 Å². The van der Waals surface area contributed by atoms with Crippen LogP contribution in [-0.2, 0) is 6.54 Å². The van der Waals surface area contributed by atoms with Crippen molar-refractivity contribution >= 4 is 40.2 Å². The average molecular weight is 458 g/mol. The minimum absolute atomic E-state index is 0.0583. The summed E-state index contributed by atoms with van der Waals surface area (Å²) in [5.41, 5.74) is 6.86. The Morgan fingerprint density at radius 3 is 2.55 bits per heavy atom. The molecule has 0 fully saturated rings. The predicted molar refractivity (Wildman–Crippen MR) is 124 cm³/mol. The molecule has 0 aliphatic heterocycles. The van der Waals surface area contributed by atoms with E-state index in [-0.39, 0.29) is 23.1 Å². The molecule has 2 aromatic heterocycles. The summed E-state index contributed by atoms with van der Waals surface area (Å²) >= 11 is 0. The first-order valence-electron chi connectivity index (χ1n) is 10.6. The average Bonchev–Trinajstić information content (AvgIpc) is 3.15. The van der Waals surface area contributed by atoms with Gasteiger partial charge in [-0.1, -0.05) is 13.8 Å². The third-order valence-electron chi connectivity index (χ3n) is 5.36. The lowest BCUT2D eigenvalue weighted by molar-refractivity contribution is 0.1000. The Hall–Kier alpha value is -3.89. The van der Waals surface area contributed by atoms with Gasteiger partial charge in [0.25, 0.3) is 5.91 Å². The summed E-state index contributed by atoms with van der Waals surface area (Å²) in [5, 5.41) is 22.7. The Morgan fingerprint density at radius 1 is 1.21 bits per heavy atom. The first kappa shape index (κ1) is 23.8. The fraction of sp³-hybridized carbons (Fsp3) is 0.364. The summed E-state index contributed by atoms with van der Waals surface area (Å²) in [6, 6.07) is 5.53. The maximum Gasteiger partial charge on any atom is 0.404 e. The van der Waals surface area contributed by atoms with Crippen molar-refractivity contribution in [1.29, 1.82) is 0 Å². The number of aromatic nitrogens is 3. The smallest absolute Gasteiger partial charge is 0.404 e. The number of carbonyl (C=O) groups excluding carboxylic acids is 1. The van der Waals surface area contributed by atoms with Crippen molar-refractivity contribution in [2.45, 2.75) is 46.3 Å². The molecule has 11 heteroatoms. The van der Waals surface area contributed by atoms with Crippen LogP contribution in [0, 0.1) is 11.7 Å². The molecular weight excluding hydrogens is 429 g/mol. The van der Waals surface area contributed by atoms with Crippen LogP contribution in [0.15, 0.2) is 30.5 Å². The second kappa shape index (κ2) is 9.72. The van der Waals surface area contributed by atoms with Crippen molar-refractivity contribution in [1.82, 2.24) is 20.1 Å². The van der Waals surface area contributed by atoms with E-state index >= 15 is 0 Å². The van der Waals surface area contributed by atoms with E-state index in [1.165, 1.54) is 0 Å². The molecule has 2 heterocycles. The van der Waals surface area contributed by atoms with Crippen molar-refractivity contribution in [3.63, 3.8) is 0 Å². The number of benzene rings is 1. The number of hydrogen-bond acceptors (Lipinski definition) is 6. The molecule has 0 saturated carbocycles. The number of rotatable bonds is 9. The lowest BCUT2D eigenvalue weighted by Crippen LogP contribution is -2.47. The summed E-state index contributed by atoms with van der Waals surface area (Å²) in [6.07, 6.45) is 0.574. The lowest BCUT2D eigenvalue weighted by Gasteiger charge is -2.29. The SMILES string of the molecule is CCn1ncc2ccc(Nc3nc(N[C@H](C(C)C)[C@H](C)NC(=O)O)c(F)cc3C(N)=O)cc21. The van der Waals surface area contributed by atoms with Crippen LogP contribution in [0.4, 0.5) is 26.5 Å². The molecule has 0 unspecified atom stereocenters. The van der Waals surface area contributed by atoms with Crippen molar-refractivity contribution in [3.05, 3.63) is 41.8 Å². The minimum atomic E-state index is -1.18. The second-order valence-electron chi connectivity index (χ2n) is 8.09. The number of nitrogens with one attached hydrogen (secondary N) is 3. The van der Waals surface area contributed by atoms with Crippen molar-refractivity contribution < 1.29 is 19.1 Å². The first-order chi connectivity index (χ1) is 15.6. The van der Waals surface area contributed by atoms with Crippen LogP contribution >= 0.6 is 0 Å². The molecule has 2 amide bonds. The minimum Gasteiger partial charge on any atom is -0.465 e. The number of primary amides is 1. The number of nitrogens with two attached hydrogens (primary N) is 1. The predicted octanol–water partition coefficient (Wildman–Crippen LogP) is 3.53. The molecule has 2 atom stereocenters. The molecule has 0 bridgehead atoms. The lowest BCUT2D eigenvalue weighted by atomic mass is 9.97. The fourth-order valence-electron chi connectivity index (χ4n) is 3.72. The molecule has 0 aliphatic rings. The number of aryl methyl sites for hydroxylation is 1. The van der Waals surface area contributed by atoms with Gasteiger partial charge in [0.05, 0.1) is 17.3 Å². The highest BCUT2D eigenvalue weighted by molar-refractivity contribution is 5.99. The summed E-state index contributed by atoms with van der Waals surface area (Å²) in [4.78, 5) is 27.3. The van der Waals surface area contributed by atoms with Crippen LogP contribution in [-0.4, -0.2) is 44.0 Å². The maximum absolute atomic E-state index is 14.8. The molecule has 1 aromatic carbocycles. The highest BCUT2D eigenvalue weighted by Crippen LogP contribution is 2.27. The largest absolute Gasteiger partial charge is 0.465 e. The van der Waals surface area contributed by atoms with E-state index < -0.39 is 29.9 Å². The van der Waals surface area contributed by atoms with E-state index in [0.717, 1.165) is 17.0 Å². The van der Waals surface area contributed by atoms with Gasteiger partial charge in [0.15, 0.2) is 11.6 Å². The summed E-state index contributed by atoms with van der Waals surface area (Å²) in [6.45, 7) is 8.08. The summed E-state index contributed by atoms with van der Waals surface area (Å²) in [7, 11) is 0. The molecule has 0 aliphatic carbocycles. The van der Waals surface area contributed by atoms with Crippen molar-refractivity contribution in [2.75, 3.05) is 10.6 Å². The molecule has 0 saturated heterocycles. The van der Waals surface area contributed by atoms with Gasteiger partial charge in [-0.3, -0.25) is 9.48 Å². The van der Waals surface area contributed by atoms with Gasteiger partial charge < -0.3 is 26.8 Å². The van der Waals surface area contributed by atoms with E-state index in [9.17, 15) is 14.0 Å². The zero-order valence-electron chi connectivity index (χ0n) is 18.9. The van der Waals surface area contributed by atoms with Gasteiger partial charge in [0, 0.05) is 29.7 Å². The molecule has 3 rings (SSSR count). The second-order valence-corrected chi connectivity index (χ2v) is 8.09. The van der Waals surface area contributed by atoms with Crippen molar-refractivity contribution in [3.8, 4) is 0 Å². The highest BCUT2D eigenvalue weighted by atomic mass is 19.1. The Labute approximate surface area is 190 Å². The number of pyridine rings is 1. The van der Waals surface area contributed by atoms with Gasteiger partial charge >= 0.3 is 6.09 Å². The van der Waals surface area contributed by atoms with Gasteiger partial charge in [0.2, 0.25) is 0 Å². The van der Waals surface area contributed by atoms with E-state index in [4.69, 9.17) is 10.8 Å². The van der Waals surface area contributed by atoms with E-state index in [1.807, 2.05) is 37.6 Å². The fourth-order valence-corrected chi connectivity index (χ4v) is 3.72. The normalized spacial score (nSPS) is 13.0. The quantitative estimate of drug-likeness (QED) is 0.330. The maximum atomic E-state index is 14.8. The number of halogens is 1. The Balaban J connectivity index is 1.98. The van der Waals surface area contributed by atoms with Crippen LogP contribution in [0.25, 0.3) is 10.9 Å². The molecule has 33 heavy (non-hydrogen) atoms. The van der Waals surface area contributed by atoms with Gasteiger partial charge in [-0.15, -0.1) is 0 Å². The Morgan fingerprint density at radius 2 is 1.94 bits per heavy atom. The topological polar surface area (TPSA) is 147 Å². The van der Waals surface area contributed by atoms with Crippen LogP contribution in [0.2, 0.25) is 0 Å². The molecule has 0 radical (unpaired) electrons. The molecule has 176 valence electrons. The summed E-state index contributed by atoms with van der Waals surface area (Å²) in [5.74, 6) is -1.72. The van der Waals surface area contributed by atoms with Crippen LogP contribution in [0.1, 0.15) is 38.1 Å². The number of carboxylic acid groups (broad SMARTS) is 1. The van der Waals surface area contributed by atoms with Crippen LogP contribution in [0.3, 0.4) is 0 Å². The number of carbonyl (C=O) groups is 2. The standard InChI is InChI=1S/C22H28FN7O3/c1-5-30-17-8-14(7-6-13(17)10-25-30)27-20-15(19(24)31)9-16(23)21(29-20)28-18(11(2)3)12(4)26-22(32)33/h6-12,18,26H,5H2,1-4H3,(H2,24,31)(H,32,33)(H2,27,28,29)/t12-,18+/m0/s1. The van der Waals surface area contributed by atoms with Gasteiger partial charge in [-0.2, -0.15) is 5.10 Å². The van der Waals surface area contributed by atoms with E-state index in [2.05, 4.69) is 26.0 Å². The first-order valence-corrected chi connectivity index (χ1v) is 10.6. The van der Waals surface area contributed by atoms with Gasteiger partial charge in [-0.05, 0) is 44.0 Å². The summed E-state index contributed by atoms with van der Waals surface area (Å²) < 4.78 is 16.7. The number of hydrogen-bond donors (Lipinski definition) is 5. The number of nitrogens with zero attached hydrogens (tertiary/aromatic N) is 3. The number of amides is 2. The van der Waals surface area contributed by atoms with Crippen LogP contribution in [0.5, 0.6) is 0 Å². The molecule has 6 N–H and O–H groups in total. The van der Waals surface area contributed by atoms with Gasteiger partial charge in [0.1, 0.15) is 5.82 Å². The Kier molecular flexibility index (Phi) is 7.00.